The first-order valence-corrected chi connectivity index (χ1v) is 10.1. The van der Waals surface area contributed by atoms with Crippen molar-refractivity contribution in [1.29, 1.82) is 0 Å². The van der Waals surface area contributed by atoms with Crippen molar-refractivity contribution >= 4 is 47.2 Å². The molecule has 1 aromatic heterocycles. The predicted octanol–water partition coefficient (Wildman–Crippen LogP) is 3.26. The number of carbonyl (C=O) groups is 2. The number of carbonyl (C=O) groups excluding carboxylic acids is 2. The van der Waals surface area contributed by atoms with Gasteiger partial charge in [-0.1, -0.05) is 25.4 Å². The van der Waals surface area contributed by atoms with Crippen molar-refractivity contribution in [3.8, 4) is 0 Å². The van der Waals surface area contributed by atoms with Crippen molar-refractivity contribution in [2.45, 2.75) is 39.2 Å². The summed E-state index contributed by atoms with van der Waals surface area (Å²) >= 11 is 7.22. The van der Waals surface area contributed by atoms with Crippen LogP contribution in [0.4, 0.5) is 0 Å². The molecule has 2 fully saturated rings. The molecule has 2 amide bonds. The fourth-order valence-electron chi connectivity index (χ4n) is 3.73. The molecule has 0 radical (unpaired) electrons. The van der Waals surface area contributed by atoms with Gasteiger partial charge in [0, 0.05) is 38.1 Å². The minimum Gasteiger partial charge on any atom is -0.342 e. The molecule has 3 heterocycles. The van der Waals surface area contributed by atoms with Crippen LogP contribution in [0.15, 0.2) is 12.1 Å². The van der Waals surface area contributed by atoms with Crippen molar-refractivity contribution in [2.75, 3.05) is 26.2 Å². The number of thiophene rings is 1. The largest absolute Gasteiger partial charge is 0.342 e. The lowest BCUT2D eigenvalue weighted by molar-refractivity contribution is -0.140. The molecule has 146 valence electrons. The summed E-state index contributed by atoms with van der Waals surface area (Å²) < 4.78 is 0.624. The number of halogens is 2. The maximum atomic E-state index is 12.9. The molecular weight excluding hydrogens is 393 g/mol. The van der Waals surface area contributed by atoms with E-state index in [4.69, 9.17) is 17.3 Å². The summed E-state index contributed by atoms with van der Waals surface area (Å²) in [5.74, 6) is 0.264. The van der Waals surface area contributed by atoms with Crippen LogP contribution >= 0.6 is 35.3 Å². The topological polar surface area (TPSA) is 66.6 Å². The molecule has 26 heavy (non-hydrogen) atoms. The van der Waals surface area contributed by atoms with Crippen LogP contribution in [0.3, 0.4) is 0 Å². The van der Waals surface area contributed by atoms with E-state index in [9.17, 15) is 9.59 Å². The third-order valence-electron chi connectivity index (χ3n) is 5.54. The molecule has 1 atom stereocenters. The van der Waals surface area contributed by atoms with E-state index < -0.39 is 0 Å². The van der Waals surface area contributed by atoms with Crippen LogP contribution in [0.2, 0.25) is 4.34 Å². The first-order chi connectivity index (χ1) is 11.8. The standard InChI is InChI=1S/C18H26ClN3O2S.ClH/c1-18(2)11-22(10-7-14(18)20)16(23)12-5-8-21(9-6-12)17(24)13-3-4-15(19)25-13;/h3-4,12,14H,5-11,20H2,1-2H3;1H. The fraction of sp³-hybridized carbons (Fsp3) is 0.667. The second-order valence-electron chi connectivity index (χ2n) is 7.81. The highest BCUT2D eigenvalue weighted by Gasteiger charge is 2.38. The summed E-state index contributed by atoms with van der Waals surface area (Å²) in [6.45, 7) is 6.98. The molecule has 0 saturated carbocycles. The lowest BCUT2D eigenvalue weighted by Crippen LogP contribution is -2.55. The van der Waals surface area contributed by atoms with Gasteiger partial charge in [-0.05, 0) is 36.8 Å². The Morgan fingerprint density at radius 1 is 1.15 bits per heavy atom. The number of piperidine rings is 2. The van der Waals surface area contributed by atoms with Crippen molar-refractivity contribution in [3.63, 3.8) is 0 Å². The van der Waals surface area contributed by atoms with Gasteiger partial charge in [-0.25, -0.2) is 0 Å². The van der Waals surface area contributed by atoms with Crippen LogP contribution in [0, 0.1) is 11.3 Å². The third-order valence-corrected chi connectivity index (χ3v) is 6.76. The van der Waals surface area contributed by atoms with Crippen LogP contribution in [-0.4, -0.2) is 53.8 Å². The zero-order valence-electron chi connectivity index (χ0n) is 15.2. The molecule has 2 aliphatic rings. The van der Waals surface area contributed by atoms with Gasteiger partial charge in [-0.3, -0.25) is 9.59 Å². The molecule has 0 spiro atoms. The Bertz CT molecular complexity index is 657. The van der Waals surface area contributed by atoms with Gasteiger partial charge in [0.1, 0.15) is 0 Å². The van der Waals surface area contributed by atoms with Crippen LogP contribution < -0.4 is 5.73 Å². The van der Waals surface area contributed by atoms with Crippen molar-refractivity contribution in [3.05, 3.63) is 21.3 Å². The van der Waals surface area contributed by atoms with E-state index in [0.29, 0.717) is 22.3 Å². The first-order valence-electron chi connectivity index (χ1n) is 8.87. The summed E-state index contributed by atoms with van der Waals surface area (Å²) in [5, 5.41) is 0. The Kier molecular flexibility index (Phi) is 6.99. The SMILES string of the molecule is CC1(C)CN(C(=O)C2CCN(C(=O)c3ccc(Cl)s3)CC2)CCC1N.Cl. The third kappa shape index (κ3) is 4.53. The van der Waals surface area contributed by atoms with E-state index in [1.54, 1.807) is 12.1 Å². The van der Waals surface area contributed by atoms with E-state index >= 15 is 0 Å². The number of amides is 2. The van der Waals surface area contributed by atoms with E-state index in [1.165, 1.54) is 11.3 Å². The van der Waals surface area contributed by atoms with Gasteiger partial charge < -0.3 is 15.5 Å². The molecule has 2 aliphatic heterocycles. The number of rotatable bonds is 2. The Morgan fingerprint density at radius 2 is 1.77 bits per heavy atom. The van der Waals surface area contributed by atoms with Gasteiger partial charge in [-0.2, -0.15) is 0 Å². The Hall–Kier alpha value is -0.820. The molecule has 8 heteroatoms. The van der Waals surface area contributed by atoms with Crippen LogP contribution in [0.25, 0.3) is 0 Å². The maximum absolute atomic E-state index is 12.9. The Balaban J connectivity index is 0.00000243. The molecule has 3 rings (SSSR count). The summed E-state index contributed by atoms with van der Waals surface area (Å²) in [4.78, 5) is 29.8. The van der Waals surface area contributed by atoms with E-state index in [0.717, 1.165) is 32.4 Å². The van der Waals surface area contributed by atoms with Crippen molar-refractivity contribution in [2.24, 2.45) is 17.1 Å². The summed E-state index contributed by atoms with van der Waals surface area (Å²) in [5.41, 5.74) is 6.13. The van der Waals surface area contributed by atoms with Gasteiger partial charge in [0.05, 0.1) is 9.21 Å². The fourth-order valence-corrected chi connectivity index (χ4v) is 4.75. The highest BCUT2D eigenvalue weighted by atomic mass is 35.5. The average Bonchev–Trinajstić information content (AvgIpc) is 3.02. The average molecular weight is 420 g/mol. The van der Waals surface area contributed by atoms with Crippen molar-refractivity contribution < 1.29 is 9.59 Å². The second kappa shape index (κ2) is 8.46. The number of nitrogens with two attached hydrogens (primary N) is 1. The zero-order valence-corrected chi connectivity index (χ0v) is 17.6. The highest BCUT2D eigenvalue weighted by Crippen LogP contribution is 2.31. The number of hydrogen-bond donors (Lipinski definition) is 1. The Morgan fingerprint density at radius 3 is 2.31 bits per heavy atom. The minimum absolute atomic E-state index is 0. The van der Waals surface area contributed by atoms with Gasteiger partial charge >= 0.3 is 0 Å². The molecule has 5 nitrogen and oxygen atoms in total. The molecule has 2 saturated heterocycles. The monoisotopic (exact) mass is 419 g/mol. The summed E-state index contributed by atoms with van der Waals surface area (Å²) in [7, 11) is 0. The van der Waals surface area contributed by atoms with Gasteiger partial charge in [0.25, 0.3) is 5.91 Å². The van der Waals surface area contributed by atoms with Gasteiger partial charge in [0.15, 0.2) is 0 Å². The number of hydrogen-bond acceptors (Lipinski definition) is 4. The minimum atomic E-state index is -0.0387. The molecule has 2 N–H and O–H groups in total. The van der Waals surface area contributed by atoms with E-state index in [-0.39, 0.29) is 41.6 Å². The predicted molar refractivity (Wildman–Crippen MR) is 108 cm³/mol. The Labute approximate surface area is 170 Å². The van der Waals surface area contributed by atoms with E-state index in [1.807, 2.05) is 9.80 Å². The lowest BCUT2D eigenvalue weighted by Gasteiger charge is -2.44. The normalized spacial score (nSPS) is 23.5. The molecule has 1 aromatic rings. The highest BCUT2D eigenvalue weighted by molar-refractivity contribution is 7.17. The molecular formula is C18H27Cl2N3O2S. The smallest absolute Gasteiger partial charge is 0.263 e. The van der Waals surface area contributed by atoms with Gasteiger partial charge in [0.2, 0.25) is 5.91 Å². The quantitative estimate of drug-likeness (QED) is 0.799. The van der Waals surface area contributed by atoms with E-state index in [2.05, 4.69) is 13.8 Å². The van der Waals surface area contributed by atoms with Crippen LogP contribution in [0.5, 0.6) is 0 Å². The number of nitrogens with zero attached hydrogens (tertiary/aromatic N) is 2. The summed E-state index contributed by atoms with van der Waals surface area (Å²) in [6, 6.07) is 3.66. The van der Waals surface area contributed by atoms with Gasteiger partial charge in [-0.15, -0.1) is 23.7 Å². The molecule has 0 aliphatic carbocycles. The van der Waals surface area contributed by atoms with Crippen molar-refractivity contribution in [1.82, 2.24) is 9.80 Å². The second-order valence-corrected chi connectivity index (χ2v) is 9.53. The zero-order chi connectivity index (χ0) is 18.2. The van der Waals surface area contributed by atoms with Crippen LogP contribution in [0.1, 0.15) is 42.8 Å². The lowest BCUT2D eigenvalue weighted by atomic mass is 9.79. The summed E-state index contributed by atoms with van der Waals surface area (Å²) in [6.07, 6.45) is 2.31. The number of likely N-dealkylation sites (tertiary alicyclic amines) is 2. The van der Waals surface area contributed by atoms with Crippen LogP contribution in [-0.2, 0) is 4.79 Å². The molecule has 0 aromatic carbocycles. The molecule has 0 bridgehead atoms. The first kappa shape index (κ1) is 21.5. The molecule has 1 unspecified atom stereocenters. The maximum Gasteiger partial charge on any atom is 0.263 e.